The molecule has 2 heterocycles. The minimum Gasteiger partial charge on any atom is -0.476 e. The number of carboxylic acid groups (broad SMARTS) is 1. The monoisotopic (exact) mass is 236 g/mol. The zero-order valence-corrected chi connectivity index (χ0v) is 9.63. The van der Waals surface area contributed by atoms with E-state index in [0.717, 1.165) is 24.9 Å². The van der Waals surface area contributed by atoms with Gasteiger partial charge in [0.25, 0.3) is 0 Å². The zero-order valence-electron chi connectivity index (χ0n) is 9.63. The van der Waals surface area contributed by atoms with Gasteiger partial charge in [0.15, 0.2) is 11.5 Å². The van der Waals surface area contributed by atoms with Gasteiger partial charge in [-0.1, -0.05) is 11.6 Å². The summed E-state index contributed by atoms with van der Waals surface area (Å²) in [6, 6.07) is 1.52. The van der Waals surface area contributed by atoms with Crippen molar-refractivity contribution >= 4 is 5.97 Å². The van der Waals surface area contributed by atoms with Crippen LogP contribution in [0, 0.1) is 11.8 Å². The predicted molar refractivity (Wildman–Crippen MR) is 59.6 cm³/mol. The van der Waals surface area contributed by atoms with Gasteiger partial charge in [0.2, 0.25) is 0 Å². The van der Waals surface area contributed by atoms with Gasteiger partial charge in [0.1, 0.15) is 0 Å². The number of fused-ring (bicyclic) bond motifs is 1. The molecule has 5 heteroatoms. The second kappa shape index (κ2) is 4.14. The average molecular weight is 236 g/mol. The number of nitrogens with zero attached hydrogens (tertiary/aromatic N) is 2. The largest absolute Gasteiger partial charge is 0.476 e. The van der Waals surface area contributed by atoms with E-state index in [4.69, 9.17) is 9.63 Å². The molecule has 0 amide bonds. The SMILES string of the molecule is O=C(O)c1cc(CN2CC3CCCC3C2)on1. The molecule has 1 aromatic heterocycles. The Labute approximate surface area is 99.4 Å². The van der Waals surface area contributed by atoms with Crippen LogP contribution >= 0.6 is 0 Å². The summed E-state index contributed by atoms with van der Waals surface area (Å²) in [7, 11) is 0. The molecule has 0 bridgehead atoms. The Balaban J connectivity index is 1.61. The predicted octanol–water partition coefficient (Wildman–Crippen LogP) is 1.60. The van der Waals surface area contributed by atoms with Crippen LogP contribution in [0.5, 0.6) is 0 Å². The molecular weight excluding hydrogens is 220 g/mol. The summed E-state index contributed by atoms with van der Waals surface area (Å²) in [5.41, 5.74) is -0.000564. The molecule has 5 nitrogen and oxygen atoms in total. The van der Waals surface area contributed by atoms with E-state index in [1.54, 1.807) is 0 Å². The minimum atomic E-state index is -1.03. The van der Waals surface area contributed by atoms with Crippen LogP contribution in [-0.2, 0) is 6.54 Å². The number of carboxylic acids is 1. The van der Waals surface area contributed by atoms with Crippen molar-refractivity contribution in [2.24, 2.45) is 11.8 Å². The van der Waals surface area contributed by atoms with Crippen LogP contribution in [-0.4, -0.2) is 34.2 Å². The Hall–Kier alpha value is -1.36. The van der Waals surface area contributed by atoms with Gasteiger partial charge in [-0.3, -0.25) is 4.90 Å². The zero-order chi connectivity index (χ0) is 11.8. The van der Waals surface area contributed by atoms with Crippen LogP contribution in [0.2, 0.25) is 0 Å². The summed E-state index contributed by atoms with van der Waals surface area (Å²) >= 11 is 0. The van der Waals surface area contributed by atoms with Crippen LogP contribution in [0.25, 0.3) is 0 Å². The molecule has 2 unspecified atom stereocenters. The smallest absolute Gasteiger partial charge is 0.358 e. The molecular formula is C12H16N2O3. The van der Waals surface area contributed by atoms with Crippen LogP contribution in [0.4, 0.5) is 0 Å². The number of likely N-dealkylation sites (tertiary alicyclic amines) is 1. The summed E-state index contributed by atoms with van der Waals surface area (Å²) in [5.74, 6) is 1.31. The van der Waals surface area contributed by atoms with E-state index in [1.165, 1.54) is 25.3 Å². The van der Waals surface area contributed by atoms with Gasteiger partial charge in [-0.05, 0) is 24.7 Å². The van der Waals surface area contributed by atoms with E-state index in [-0.39, 0.29) is 5.69 Å². The first-order valence-electron chi connectivity index (χ1n) is 6.13. The molecule has 2 fully saturated rings. The Morgan fingerprint density at radius 2 is 2.18 bits per heavy atom. The average Bonchev–Trinajstić information content (AvgIpc) is 2.91. The Morgan fingerprint density at radius 1 is 1.47 bits per heavy atom. The normalized spacial score (nSPS) is 28.5. The maximum atomic E-state index is 10.7. The van der Waals surface area contributed by atoms with E-state index in [1.807, 2.05) is 0 Å². The van der Waals surface area contributed by atoms with Gasteiger partial charge in [0.05, 0.1) is 6.54 Å². The van der Waals surface area contributed by atoms with Gasteiger partial charge < -0.3 is 9.63 Å². The van der Waals surface area contributed by atoms with Gasteiger partial charge in [0, 0.05) is 19.2 Å². The molecule has 2 aliphatic rings. The topological polar surface area (TPSA) is 66.6 Å². The summed E-state index contributed by atoms with van der Waals surface area (Å²) in [6.45, 7) is 2.93. The Bertz CT molecular complexity index is 417. The summed E-state index contributed by atoms with van der Waals surface area (Å²) in [4.78, 5) is 13.0. The number of hydrogen-bond acceptors (Lipinski definition) is 4. The minimum absolute atomic E-state index is 0.000564. The van der Waals surface area contributed by atoms with Crippen LogP contribution in [0.3, 0.4) is 0 Å². The van der Waals surface area contributed by atoms with Crippen molar-refractivity contribution in [3.8, 4) is 0 Å². The lowest BCUT2D eigenvalue weighted by molar-refractivity contribution is 0.0685. The first-order valence-corrected chi connectivity index (χ1v) is 6.13. The summed E-state index contributed by atoms with van der Waals surface area (Å²) in [5, 5.41) is 12.3. The fourth-order valence-electron chi connectivity index (χ4n) is 3.17. The van der Waals surface area contributed by atoms with Crippen molar-refractivity contribution in [3.05, 3.63) is 17.5 Å². The molecule has 1 aliphatic heterocycles. The lowest BCUT2D eigenvalue weighted by Gasteiger charge is -2.13. The second-order valence-corrected chi connectivity index (χ2v) is 5.13. The van der Waals surface area contributed by atoms with Gasteiger partial charge in [-0.15, -0.1) is 0 Å². The third-order valence-electron chi connectivity index (χ3n) is 3.96. The highest BCUT2D eigenvalue weighted by molar-refractivity contribution is 5.85. The quantitative estimate of drug-likeness (QED) is 0.863. The molecule has 1 N–H and O–H groups in total. The second-order valence-electron chi connectivity index (χ2n) is 5.13. The molecule has 17 heavy (non-hydrogen) atoms. The number of carbonyl (C=O) groups is 1. The molecule has 2 atom stereocenters. The van der Waals surface area contributed by atoms with Crippen molar-refractivity contribution in [1.29, 1.82) is 0 Å². The lowest BCUT2D eigenvalue weighted by Crippen LogP contribution is -2.20. The number of rotatable bonds is 3. The summed E-state index contributed by atoms with van der Waals surface area (Å²) in [6.07, 6.45) is 4.06. The fraction of sp³-hybridized carbons (Fsp3) is 0.667. The number of hydrogen-bond donors (Lipinski definition) is 1. The maximum Gasteiger partial charge on any atom is 0.358 e. The van der Waals surface area contributed by atoms with Crippen molar-refractivity contribution in [2.75, 3.05) is 13.1 Å². The highest BCUT2D eigenvalue weighted by atomic mass is 16.5. The Morgan fingerprint density at radius 3 is 2.76 bits per heavy atom. The molecule has 0 aromatic carbocycles. The third kappa shape index (κ3) is 2.07. The lowest BCUT2D eigenvalue weighted by atomic mass is 10.0. The fourth-order valence-corrected chi connectivity index (χ4v) is 3.17. The Kier molecular flexibility index (Phi) is 2.63. The van der Waals surface area contributed by atoms with Gasteiger partial charge >= 0.3 is 5.97 Å². The maximum absolute atomic E-state index is 10.7. The number of aromatic carboxylic acids is 1. The summed E-state index contributed by atoms with van der Waals surface area (Å²) < 4.78 is 5.04. The van der Waals surface area contributed by atoms with E-state index in [9.17, 15) is 4.79 Å². The molecule has 3 rings (SSSR count). The van der Waals surface area contributed by atoms with Crippen molar-refractivity contribution in [2.45, 2.75) is 25.8 Å². The van der Waals surface area contributed by atoms with Gasteiger partial charge in [-0.2, -0.15) is 0 Å². The molecule has 1 saturated heterocycles. The van der Waals surface area contributed by atoms with Crippen molar-refractivity contribution < 1.29 is 14.4 Å². The van der Waals surface area contributed by atoms with Crippen LogP contribution in [0.15, 0.2) is 10.6 Å². The highest BCUT2D eigenvalue weighted by Gasteiger charge is 2.36. The third-order valence-corrected chi connectivity index (χ3v) is 3.96. The molecule has 0 spiro atoms. The van der Waals surface area contributed by atoms with E-state index < -0.39 is 5.97 Å². The van der Waals surface area contributed by atoms with E-state index in [0.29, 0.717) is 12.3 Å². The number of aromatic nitrogens is 1. The first kappa shape index (κ1) is 10.8. The highest BCUT2D eigenvalue weighted by Crippen LogP contribution is 2.38. The van der Waals surface area contributed by atoms with Crippen LogP contribution in [0.1, 0.15) is 35.5 Å². The van der Waals surface area contributed by atoms with E-state index in [2.05, 4.69) is 10.1 Å². The van der Waals surface area contributed by atoms with Gasteiger partial charge in [-0.25, -0.2) is 4.79 Å². The molecule has 0 radical (unpaired) electrons. The van der Waals surface area contributed by atoms with E-state index >= 15 is 0 Å². The molecule has 1 aliphatic carbocycles. The van der Waals surface area contributed by atoms with Crippen LogP contribution < -0.4 is 0 Å². The van der Waals surface area contributed by atoms with Crippen molar-refractivity contribution in [3.63, 3.8) is 0 Å². The first-order chi connectivity index (χ1) is 8.22. The molecule has 1 saturated carbocycles. The molecule has 92 valence electrons. The molecule has 1 aromatic rings. The van der Waals surface area contributed by atoms with Crippen molar-refractivity contribution in [1.82, 2.24) is 10.1 Å². The standard InChI is InChI=1S/C12H16N2O3/c15-12(16)11-4-10(17-13-11)7-14-5-8-2-1-3-9(8)6-14/h4,8-9H,1-3,5-7H2,(H,15,16).